The van der Waals surface area contributed by atoms with Crippen molar-refractivity contribution in [2.45, 2.75) is 61.4 Å². The molecule has 0 bridgehead atoms. The van der Waals surface area contributed by atoms with Crippen molar-refractivity contribution in [2.24, 2.45) is 5.16 Å². The van der Waals surface area contributed by atoms with E-state index in [1.54, 1.807) is 0 Å². The fourth-order valence-corrected chi connectivity index (χ4v) is 5.99. The molecule has 0 unspecified atom stereocenters. The third-order valence-electron chi connectivity index (χ3n) is 5.47. The number of aromatic nitrogens is 1. The van der Waals surface area contributed by atoms with E-state index in [0.717, 1.165) is 25.7 Å². The van der Waals surface area contributed by atoms with E-state index in [4.69, 9.17) is 4.84 Å². The standard InChI is InChI=1S/C21H22FN3O6S2/c22-11-16-18(20(27)28)32-21(23-16)24-19(26)17(25-31-13-3-1-2-4-13)12-5-7-14(8-6-12)33(29,30)15-9-10-15/h5-8,13,15H,1-4,9-11H2,(H,27,28)(H,23,24,26)/b25-17+. The van der Waals surface area contributed by atoms with Gasteiger partial charge in [-0.05, 0) is 50.7 Å². The molecule has 176 valence electrons. The molecule has 0 atom stereocenters. The maximum atomic E-state index is 13.1. The molecule has 4 rings (SSSR count). The smallest absolute Gasteiger partial charge is 0.347 e. The first-order valence-electron chi connectivity index (χ1n) is 10.5. The number of hydrogen-bond acceptors (Lipinski definition) is 8. The molecule has 0 spiro atoms. The summed E-state index contributed by atoms with van der Waals surface area (Å²) in [6, 6.07) is 5.80. The Morgan fingerprint density at radius 2 is 1.85 bits per heavy atom. The van der Waals surface area contributed by atoms with Crippen LogP contribution in [0.15, 0.2) is 34.3 Å². The third-order valence-corrected chi connectivity index (χ3v) is 8.75. The van der Waals surface area contributed by atoms with Crippen molar-refractivity contribution in [2.75, 3.05) is 5.32 Å². The molecule has 1 amide bonds. The number of aromatic carboxylic acids is 1. The Hall–Kier alpha value is -2.86. The summed E-state index contributed by atoms with van der Waals surface area (Å²) in [7, 11) is -3.39. The highest BCUT2D eigenvalue weighted by Crippen LogP contribution is 2.33. The number of thiazole rings is 1. The van der Waals surface area contributed by atoms with Gasteiger partial charge in [-0.3, -0.25) is 10.1 Å². The maximum Gasteiger partial charge on any atom is 0.347 e. The minimum absolute atomic E-state index is 0.0912. The van der Waals surface area contributed by atoms with Crippen LogP contribution < -0.4 is 5.32 Å². The number of halogens is 1. The SMILES string of the molecule is O=C(Nc1nc(CF)c(C(=O)O)s1)/C(=N/OC1CCCC1)c1ccc(S(=O)(=O)C2CC2)cc1. The molecule has 2 aliphatic rings. The molecule has 1 aromatic heterocycles. The van der Waals surface area contributed by atoms with Gasteiger partial charge in [0.05, 0.1) is 15.8 Å². The summed E-state index contributed by atoms with van der Waals surface area (Å²) in [5.41, 5.74) is -0.0785. The van der Waals surface area contributed by atoms with E-state index in [9.17, 15) is 27.5 Å². The van der Waals surface area contributed by atoms with Crippen molar-refractivity contribution in [1.29, 1.82) is 0 Å². The molecule has 1 aromatic carbocycles. The summed E-state index contributed by atoms with van der Waals surface area (Å²) in [6.07, 6.45) is 4.77. The number of carboxylic acids is 1. The molecule has 33 heavy (non-hydrogen) atoms. The van der Waals surface area contributed by atoms with Gasteiger partial charge in [0, 0.05) is 5.56 Å². The largest absolute Gasteiger partial charge is 0.477 e. The number of oxime groups is 1. The molecule has 9 nitrogen and oxygen atoms in total. The van der Waals surface area contributed by atoms with Crippen LogP contribution in [0.4, 0.5) is 9.52 Å². The van der Waals surface area contributed by atoms with Crippen LogP contribution in [0.5, 0.6) is 0 Å². The lowest BCUT2D eigenvalue weighted by atomic mass is 10.1. The molecule has 0 radical (unpaired) electrons. The fraction of sp³-hybridized carbons (Fsp3) is 0.429. The second kappa shape index (κ2) is 9.56. The Kier molecular flexibility index (Phi) is 6.75. The van der Waals surface area contributed by atoms with Gasteiger partial charge in [0.15, 0.2) is 20.7 Å². The van der Waals surface area contributed by atoms with Crippen LogP contribution in [0.3, 0.4) is 0 Å². The van der Waals surface area contributed by atoms with Gasteiger partial charge in [0.25, 0.3) is 5.91 Å². The number of carboxylic acid groups (broad SMARTS) is 1. The Labute approximate surface area is 193 Å². The number of amides is 1. The normalized spacial score (nSPS) is 17.2. The number of alkyl halides is 1. The van der Waals surface area contributed by atoms with Crippen LogP contribution >= 0.6 is 11.3 Å². The first-order valence-corrected chi connectivity index (χ1v) is 12.8. The van der Waals surface area contributed by atoms with Gasteiger partial charge in [-0.1, -0.05) is 28.6 Å². The van der Waals surface area contributed by atoms with Gasteiger partial charge >= 0.3 is 5.97 Å². The highest BCUT2D eigenvalue weighted by molar-refractivity contribution is 7.92. The topological polar surface area (TPSA) is 135 Å². The van der Waals surface area contributed by atoms with E-state index in [-0.39, 0.29) is 37.7 Å². The predicted octanol–water partition coefficient (Wildman–Crippen LogP) is 3.55. The van der Waals surface area contributed by atoms with Crippen LogP contribution in [-0.2, 0) is 26.1 Å². The summed E-state index contributed by atoms with van der Waals surface area (Å²) in [6.45, 7) is -1.09. The van der Waals surface area contributed by atoms with Crippen molar-refractivity contribution in [3.63, 3.8) is 0 Å². The number of anilines is 1. The Morgan fingerprint density at radius 3 is 2.39 bits per heavy atom. The summed E-state index contributed by atoms with van der Waals surface area (Å²) in [4.78, 5) is 33.5. The first-order chi connectivity index (χ1) is 15.8. The number of hydrogen-bond donors (Lipinski definition) is 2. The third kappa shape index (κ3) is 5.22. The first kappa shape index (κ1) is 23.3. The molecule has 2 saturated carbocycles. The lowest BCUT2D eigenvalue weighted by Crippen LogP contribution is -2.25. The van der Waals surface area contributed by atoms with Crippen molar-refractivity contribution in [3.8, 4) is 0 Å². The zero-order chi connectivity index (χ0) is 23.6. The molecule has 0 aliphatic heterocycles. The minimum Gasteiger partial charge on any atom is -0.477 e. The maximum absolute atomic E-state index is 13.1. The van der Waals surface area contributed by atoms with Crippen LogP contribution in [0, 0.1) is 0 Å². The molecular formula is C21H22FN3O6S2. The molecule has 2 fully saturated rings. The van der Waals surface area contributed by atoms with E-state index in [0.29, 0.717) is 29.7 Å². The average molecular weight is 496 g/mol. The lowest BCUT2D eigenvalue weighted by Gasteiger charge is -2.11. The second-order valence-corrected chi connectivity index (χ2v) is 11.1. The Bertz CT molecular complexity index is 1180. The lowest BCUT2D eigenvalue weighted by molar-refractivity contribution is -0.110. The number of benzene rings is 1. The summed E-state index contributed by atoms with van der Waals surface area (Å²) >= 11 is 0.635. The second-order valence-electron chi connectivity index (χ2n) is 7.91. The van der Waals surface area contributed by atoms with Gasteiger partial charge in [0.2, 0.25) is 0 Å². The molecule has 2 aliphatic carbocycles. The molecule has 0 saturated heterocycles. The highest BCUT2D eigenvalue weighted by atomic mass is 32.2. The fourth-order valence-electron chi connectivity index (χ4n) is 3.54. The Balaban J connectivity index is 1.60. The number of nitrogens with zero attached hydrogens (tertiary/aromatic N) is 2. The summed E-state index contributed by atoms with van der Waals surface area (Å²) in [5, 5.41) is 15.2. The van der Waals surface area contributed by atoms with Gasteiger partial charge in [-0.15, -0.1) is 0 Å². The minimum atomic E-state index is -3.39. The zero-order valence-electron chi connectivity index (χ0n) is 17.5. The van der Waals surface area contributed by atoms with Gasteiger partial charge in [-0.25, -0.2) is 22.6 Å². The zero-order valence-corrected chi connectivity index (χ0v) is 19.1. The summed E-state index contributed by atoms with van der Waals surface area (Å²) < 4.78 is 38.0. The van der Waals surface area contributed by atoms with Crippen molar-refractivity contribution in [1.82, 2.24) is 4.98 Å². The highest BCUT2D eigenvalue weighted by Gasteiger charge is 2.36. The van der Waals surface area contributed by atoms with E-state index < -0.39 is 28.4 Å². The van der Waals surface area contributed by atoms with E-state index in [1.165, 1.54) is 24.3 Å². The van der Waals surface area contributed by atoms with E-state index in [2.05, 4.69) is 15.5 Å². The molecule has 12 heteroatoms. The van der Waals surface area contributed by atoms with Crippen LogP contribution in [0.1, 0.15) is 59.5 Å². The van der Waals surface area contributed by atoms with Gasteiger partial charge in [-0.2, -0.15) is 0 Å². The van der Waals surface area contributed by atoms with Crippen molar-refractivity contribution in [3.05, 3.63) is 40.4 Å². The average Bonchev–Trinajstić information content (AvgIpc) is 3.39. The summed E-state index contributed by atoms with van der Waals surface area (Å²) in [5.74, 6) is -2.08. The number of sulfone groups is 1. The number of carbonyl (C=O) groups excluding carboxylic acids is 1. The monoisotopic (exact) mass is 495 g/mol. The van der Waals surface area contributed by atoms with E-state index in [1.807, 2.05) is 0 Å². The predicted molar refractivity (Wildman–Crippen MR) is 119 cm³/mol. The van der Waals surface area contributed by atoms with E-state index >= 15 is 0 Å². The van der Waals surface area contributed by atoms with Gasteiger partial charge in [0.1, 0.15) is 17.7 Å². The Morgan fingerprint density at radius 1 is 1.18 bits per heavy atom. The van der Waals surface area contributed by atoms with Crippen LogP contribution in [0.25, 0.3) is 0 Å². The molecule has 1 heterocycles. The number of carbonyl (C=O) groups is 2. The van der Waals surface area contributed by atoms with Gasteiger partial charge < -0.3 is 9.94 Å². The van der Waals surface area contributed by atoms with Crippen molar-refractivity contribution >= 4 is 43.9 Å². The molecular weight excluding hydrogens is 473 g/mol. The molecule has 2 N–H and O–H groups in total. The molecule has 2 aromatic rings. The number of rotatable bonds is 9. The van der Waals surface area contributed by atoms with Crippen LogP contribution in [0.2, 0.25) is 0 Å². The van der Waals surface area contributed by atoms with Crippen LogP contribution in [-0.4, -0.2) is 47.5 Å². The van der Waals surface area contributed by atoms with Crippen molar-refractivity contribution < 1.29 is 32.3 Å². The number of nitrogens with one attached hydrogen (secondary N) is 1. The quantitative estimate of drug-likeness (QED) is 0.401.